The van der Waals surface area contributed by atoms with Gasteiger partial charge in [0.25, 0.3) is 0 Å². The van der Waals surface area contributed by atoms with Gasteiger partial charge in [0, 0.05) is 6.04 Å². The van der Waals surface area contributed by atoms with Crippen LogP contribution in [0.4, 0.5) is 0 Å². The van der Waals surface area contributed by atoms with Crippen molar-refractivity contribution in [3.8, 4) is 0 Å². The van der Waals surface area contributed by atoms with Gasteiger partial charge in [0.15, 0.2) is 0 Å². The largest absolute Gasteiger partial charge is 0.327 e. The first kappa shape index (κ1) is 4.73. The predicted molar refractivity (Wildman–Crippen MR) is 35.8 cm³/mol. The second-order valence-electron chi connectivity index (χ2n) is 4.07. The number of hydrogen-bond donors (Lipinski definition) is 1. The van der Waals surface area contributed by atoms with E-state index in [-0.39, 0.29) is 0 Å². The van der Waals surface area contributed by atoms with Crippen molar-refractivity contribution in [1.82, 2.24) is 0 Å². The van der Waals surface area contributed by atoms with E-state index >= 15 is 0 Å². The average Bonchev–Trinajstić information content (AvgIpc) is 2.29. The van der Waals surface area contributed by atoms with Crippen molar-refractivity contribution in [3.63, 3.8) is 0 Å². The van der Waals surface area contributed by atoms with E-state index in [1.807, 2.05) is 0 Å². The Morgan fingerprint density at radius 1 is 1.00 bits per heavy atom. The third-order valence-electron chi connectivity index (χ3n) is 3.79. The zero-order valence-corrected chi connectivity index (χ0v) is 5.59. The lowest BCUT2D eigenvalue weighted by Crippen LogP contribution is -2.11. The van der Waals surface area contributed by atoms with Crippen LogP contribution in [0.15, 0.2) is 0 Å². The minimum Gasteiger partial charge on any atom is -0.327 e. The molecule has 0 amide bonds. The predicted octanol–water partition coefficient (Wildman–Crippen LogP) is 0.990. The summed E-state index contributed by atoms with van der Waals surface area (Å²) in [6.45, 7) is 0. The molecule has 1 nitrogen and oxygen atoms in total. The maximum Gasteiger partial charge on any atom is 0.0108 e. The van der Waals surface area contributed by atoms with E-state index in [2.05, 4.69) is 0 Å². The Morgan fingerprint density at radius 3 is 2.00 bits per heavy atom. The quantitative estimate of drug-likeness (QED) is 0.510. The van der Waals surface area contributed by atoms with E-state index in [1.165, 1.54) is 19.3 Å². The summed E-state index contributed by atoms with van der Waals surface area (Å²) in [5.74, 6) is 4.11. The number of fused-ring (bicyclic) bond motifs is 5. The van der Waals surface area contributed by atoms with Crippen molar-refractivity contribution in [2.24, 2.45) is 29.4 Å². The van der Waals surface area contributed by atoms with E-state index in [9.17, 15) is 0 Å². The van der Waals surface area contributed by atoms with Crippen LogP contribution < -0.4 is 5.73 Å². The fourth-order valence-electron chi connectivity index (χ4n) is 3.39. The van der Waals surface area contributed by atoms with E-state index in [0.29, 0.717) is 6.04 Å². The Hall–Kier alpha value is -0.0400. The zero-order valence-electron chi connectivity index (χ0n) is 5.59. The van der Waals surface area contributed by atoms with Crippen LogP contribution >= 0.6 is 0 Å². The molecule has 2 N–H and O–H groups in total. The first-order chi connectivity index (χ1) is 4.38. The topological polar surface area (TPSA) is 26.0 Å². The third kappa shape index (κ3) is 0.389. The van der Waals surface area contributed by atoms with Crippen molar-refractivity contribution in [3.05, 3.63) is 0 Å². The highest BCUT2D eigenvalue weighted by atomic mass is 14.9. The first-order valence-electron chi connectivity index (χ1n) is 4.13. The number of nitrogens with two attached hydrogens (primary N) is 1. The summed E-state index contributed by atoms with van der Waals surface area (Å²) in [6, 6.07) is 0.635. The summed E-state index contributed by atoms with van der Waals surface area (Å²) in [5, 5.41) is 0. The van der Waals surface area contributed by atoms with Crippen LogP contribution in [0.5, 0.6) is 0 Å². The van der Waals surface area contributed by atoms with Crippen LogP contribution in [0.25, 0.3) is 0 Å². The van der Waals surface area contributed by atoms with E-state index in [1.54, 1.807) is 0 Å². The normalized spacial score (nSPS) is 68.3. The molecule has 1 heteroatoms. The second-order valence-corrected chi connectivity index (χ2v) is 4.07. The monoisotopic (exact) mass is 123 g/mol. The van der Waals surface area contributed by atoms with Crippen LogP contribution in [-0.4, -0.2) is 6.04 Å². The van der Waals surface area contributed by atoms with Crippen molar-refractivity contribution in [1.29, 1.82) is 0 Å². The Bertz CT molecular complexity index is 135. The van der Waals surface area contributed by atoms with Gasteiger partial charge < -0.3 is 5.73 Å². The Kier molecular flexibility index (Phi) is 0.628. The lowest BCUT2D eigenvalue weighted by atomic mass is 10.0. The standard InChI is InChI=1S/C8H13N/c9-8-6-4-1-2-5(3-4)7(6)8/h4-8H,1-3,9H2. The van der Waals surface area contributed by atoms with Gasteiger partial charge in [-0.2, -0.15) is 0 Å². The van der Waals surface area contributed by atoms with Crippen LogP contribution in [0.2, 0.25) is 0 Å². The van der Waals surface area contributed by atoms with E-state index in [0.717, 1.165) is 23.7 Å². The second kappa shape index (κ2) is 1.20. The van der Waals surface area contributed by atoms with Crippen LogP contribution in [0.1, 0.15) is 19.3 Å². The van der Waals surface area contributed by atoms with Crippen molar-refractivity contribution >= 4 is 0 Å². The summed E-state index contributed by atoms with van der Waals surface area (Å²) >= 11 is 0. The molecule has 0 aliphatic heterocycles. The lowest BCUT2D eigenvalue weighted by molar-refractivity contribution is 0.456. The minimum atomic E-state index is 0.635. The molecule has 0 aromatic heterocycles. The molecule has 0 aromatic rings. The summed E-state index contributed by atoms with van der Waals surface area (Å²) in [5.41, 5.74) is 5.89. The van der Waals surface area contributed by atoms with E-state index < -0.39 is 0 Å². The molecule has 4 unspecified atom stereocenters. The van der Waals surface area contributed by atoms with Gasteiger partial charge in [0.05, 0.1) is 0 Å². The average molecular weight is 123 g/mol. The molecule has 0 heterocycles. The fraction of sp³-hybridized carbons (Fsp3) is 1.00. The smallest absolute Gasteiger partial charge is 0.0108 e. The zero-order chi connectivity index (χ0) is 6.01. The lowest BCUT2D eigenvalue weighted by Gasteiger charge is -2.03. The molecule has 0 spiro atoms. The Morgan fingerprint density at radius 2 is 1.56 bits per heavy atom. The highest BCUT2D eigenvalue weighted by Crippen LogP contribution is 2.64. The highest BCUT2D eigenvalue weighted by molar-refractivity contribution is 5.15. The van der Waals surface area contributed by atoms with Crippen LogP contribution in [0.3, 0.4) is 0 Å². The molecule has 9 heavy (non-hydrogen) atoms. The van der Waals surface area contributed by atoms with Gasteiger partial charge in [-0.3, -0.25) is 0 Å². The van der Waals surface area contributed by atoms with Gasteiger partial charge in [-0.25, -0.2) is 0 Å². The molecule has 3 rings (SSSR count). The third-order valence-corrected chi connectivity index (χ3v) is 3.79. The van der Waals surface area contributed by atoms with Crippen molar-refractivity contribution in [2.75, 3.05) is 0 Å². The number of rotatable bonds is 0. The van der Waals surface area contributed by atoms with Crippen LogP contribution in [-0.2, 0) is 0 Å². The van der Waals surface area contributed by atoms with Gasteiger partial charge in [0.1, 0.15) is 0 Å². The van der Waals surface area contributed by atoms with Gasteiger partial charge in [-0.15, -0.1) is 0 Å². The summed E-state index contributed by atoms with van der Waals surface area (Å²) in [6.07, 6.45) is 4.53. The molecule has 0 radical (unpaired) electrons. The molecule has 3 aliphatic carbocycles. The SMILES string of the molecule is NC1C2C3CCC(C3)C12. The fourth-order valence-corrected chi connectivity index (χ4v) is 3.39. The Labute approximate surface area is 55.6 Å². The molecule has 50 valence electrons. The summed E-state index contributed by atoms with van der Waals surface area (Å²) in [7, 11) is 0. The maximum atomic E-state index is 5.89. The van der Waals surface area contributed by atoms with Crippen molar-refractivity contribution in [2.45, 2.75) is 25.3 Å². The Balaban J connectivity index is 1.96. The molecule has 3 saturated carbocycles. The van der Waals surface area contributed by atoms with Crippen LogP contribution in [0, 0.1) is 23.7 Å². The maximum absolute atomic E-state index is 5.89. The van der Waals surface area contributed by atoms with Crippen molar-refractivity contribution < 1.29 is 0 Å². The first-order valence-corrected chi connectivity index (χ1v) is 4.13. The molecule has 2 bridgehead atoms. The molecule has 3 fully saturated rings. The number of hydrogen-bond acceptors (Lipinski definition) is 1. The summed E-state index contributed by atoms with van der Waals surface area (Å²) < 4.78 is 0. The van der Waals surface area contributed by atoms with Gasteiger partial charge in [0.2, 0.25) is 0 Å². The molecule has 0 saturated heterocycles. The molecular weight excluding hydrogens is 110 g/mol. The minimum absolute atomic E-state index is 0.635. The van der Waals surface area contributed by atoms with E-state index in [4.69, 9.17) is 5.73 Å². The molecular formula is C8H13N. The van der Waals surface area contributed by atoms with Gasteiger partial charge >= 0.3 is 0 Å². The molecule has 0 aromatic carbocycles. The van der Waals surface area contributed by atoms with Gasteiger partial charge in [-0.05, 0) is 42.9 Å². The summed E-state index contributed by atoms with van der Waals surface area (Å²) in [4.78, 5) is 0. The molecule has 3 aliphatic rings. The highest BCUT2D eigenvalue weighted by Gasteiger charge is 2.63. The molecule has 4 atom stereocenters. The van der Waals surface area contributed by atoms with Gasteiger partial charge in [-0.1, -0.05) is 0 Å².